The number of rotatable bonds is 3. The van der Waals surface area contributed by atoms with E-state index in [0.717, 1.165) is 25.7 Å². The molecule has 2 rings (SSSR count). The third kappa shape index (κ3) is 3.86. The summed E-state index contributed by atoms with van der Waals surface area (Å²) in [6.45, 7) is 10.9. The van der Waals surface area contributed by atoms with Crippen molar-refractivity contribution in [3.05, 3.63) is 12.2 Å². The Balaban J connectivity index is 1.96. The molecule has 2 aliphatic rings. The van der Waals surface area contributed by atoms with E-state index >= 15 is 0 Å². The Bertz CT molecular complexity index is 360. The van der Waals surface area contributed by atoms with E-state index in [9.17, 15) is 4.79 Å². The summed E-state index contributed by atoms with van der Waals surface area (Å²) in [7, 11) is 0. The fourth-order valence-electron chi connectivity index (χ4n) is 4.09. The van der Waals surface area contributed by atoms with Gasteiger partial charge in [0.2, 0.25) is 5.91 Å². The molecule has 1 N–H and O–H groups in total. The standard InChI is InChI=1S/C18H31NO/c1-12(2)16-9-8-14(4)11-17(16)18(20)19-15-7-5-6-13(3)10-15/h12,14-17H,3,5-11H2,1-2,4H3,(H,19,20)/t14-,15?,16+,17-/m1/s1. The average Bonchev–Trinajstić information content (AvgIpc) is 2.38. The average molecular weight is 277 g/mol. The molecule has 0 aliphatic heterocycles. The second kappa shape index (κ2) is 6.78. The first kappa shape index (κ1) is 15.6. The summed E-state index contributed by atoms with van der Waals surface area (Å²) < 4.78 is 0. The van der Waals surface area contributed by atoms with Crippen molar-refractivity contribution in [2.24, 2.45) is 23.7 Å². The van der Waals surface area contributed by atoms with Crippen molar-refractivity contribution in [3.63, 3.8) is 0 Å². The van der Waals surface area contributed by atoms with Crippen molar-refractivity contribution in [3.8, 4) is 0 Å². The molecule has 114 valence electrons. The van der Waals surface area contributed by atoms with Gasteiger partial charge in [-0.3, -0.25) is 4.79 Å². The number of carbonyl (C=O) groups is 1. The zero-order valence-electron chi connectivity index (χ0n) is 13.5. The van der Waals surface area contributed by atoms with Gasteiger partial charge in [-0.1, -0.05) is 39.3 Å². The van der Waals surface area contributed by atoms with Crippen molar-refractivity contribution in [1.29, 1.82) is 0 Å². The normalized spacial score (nSPS) is 35.1. The van der Waals surface area contributed by atoms with Gasteiger partial charge in [0.05, 0.1) is 0 Å². The molecule has 1 amide bonds. The summed E-state index contributed by atoms with van der Waals surface area (Å²) in [5.74, 6) is 2.42. The van der Waals surface area contributed by atoms with Gasteiger partial charge >= 0.3 is 0 Å². The number of hydrogen-bond acceptors (Lipinski definition) is 1. The van der Waals surface area contributed by atoms with Crippen LogP contribution >= 0.6 is 0 Å². The van der Waals surface area contributed by atoms with Crippen LogP contribution in [0.3, 0.4) is 0 Å². The second-order valence-electron chi connectivity index (χ2n) is 7.48. The third-order valence-corrected chi connectivity index (χ3v) is 5.32. The highest BCUT2D eigenvalue weighted by Crippen LogP contribution is 2.38. The van der Waals surface area contributed by atoms with Crippen LogP contribution in [0.2, 0.25) is 0 Å². The van der Waals surface area contributed by atoms with E-state index in [1.165, 1.54) is 24.8 Å². The highest BCUT2D eigenvalue weighted by atomic mass is 16.2. The van der Waals surface area contributed by atoms with E-state index in [0.29, 0.717) is 29.7 Å². The van der Waals surface area contributed by atoms with Crippen LogP contribution in [-0.2, 0) is 4.79 Å². The van der Waals surface area contributed by atoms with Crippen molar-refractivity contribution >= 4 is 5.91 Å². The van der Waals surface area contributed by atoms with Crippen LogP contribution in [0.5, 0.6) is 0 Å². The Morgan fingerprint density at radius 3 is 2.70 bits per heavy atom. The number of amides is 1. The molecule has 4 atom stereocenters. The molecule has 0 aromatic heterocycles. The van der Waals surface area contributed by atoms with E-state index in [1.807, 2.05) is 0 Å². The molecular weight excluding hydrogens is 246 g/mol. The topological polar surface area (TPSA) is 29.1 Å². The van der Waals surface area contributed by atoms with Crippen LogP contribution in [-0.4, -0.2) is 11.9 Å². The van der Waals surface area contributed by atoms with Crippen LogP contribution in [0.1, 0.15) is 65.7 Å². The molecule has 0 aromatic rings. The first-order valence-electron chi connectivity index (χ1n) is 8.44. The molecule has 0 spiro atoms. The zero-order valence-corrected chi connectivity index (χ0v) is 13.5. The maximum atomic E-state index is 12.7. The van der Waals surface area contributed by atoms with E-state index in [4.69, 9.17) is 0 Å². The van der Waals surface area contributed by atoms with Crippen molar-refractivity contribution in [2.75, 3.05) is 0 Å². The SMILES string of the molecule is C=C1CCCC(NC(=O)[C@@H]2C[C@H](C)CC[C@H]2C(C)C)C1. The van der Waals surface area contributed by atoms with Gasteiger partial charge in [0.1, 0.15) is 0 Å². The second-order valence-corrected chi connectivity index (χ2v) is 7.48. The van der Waals surface area contributed by atoms with Crippen molar-refractivity contribution in [1.82, 2.24) is 5.32 Å². The van der Waals surface area contributed by atoms with E-state index in [1.54, 1.807) is 0 Å². The molecule has 1 unspecified atom stereocenters. The molecule has 0 bridgehead atoms. The fourth-order valence-corrected chi connectivity index (χ4v) is 4.09. The van der Waals surface area contributed by atoms with E-state index in [2.05, 4.69) is 32.7 Å². The molecule has 20 heavy (non-hydrogen) atoms. The molecule has 0 aromatic carbocycles. The summed E-state index contributed by atoms with van der Waals surface area (Å²) in [4.78, 5) is 12.7. The molecular formula is C18H31NO. The van der Waals surface area contributed by atoms with E-state index in [-0.39, 0.29) is 5.92 Å². The summed E-state index contributed by atoms with van der Waals surface area (Å²) in [5, 5.41) is 3.32. The predicted molar refractivity (Wildman–Crippen MR) is 84.4 cm³/mol. The summed E-state index contributed by atoms with van der Waals surface area (Å²) in [6.07, 6.45) is 8.00. The predicted octanol–water partition coefficient (Wildman–Crippen LogP) is 4.31. The molecule has 2 saturated carbocycles. The van der Waals surface area contributed by atoms with Gasteiger partial charge in [-0.2, -0.15) is 0 Å². The summed E-state index contributed by atoms with van der Waals surface area (Å²) >= 11 is 0. The highest BCUT2D eigenvalue weighted by Gasteiger charge is 2.36. The maximum absolute atomic E-state index is 12.7. The monoisotopic (exact) mass is 277 g/mol. The smallest absolute Gasteiger partial charge is 0.223 e. The first-order chi connectivity index (χ1) is 9.47. The Morgan fingerprint density at radius 2 is 2.05 bits per heavy atom. The minimum atomic E-state index is 0.231. The maximum Gasteiger partial charge on any atom is 0.223 e. The molecule has 2 fully saturated rings. The molecule has 2 heteroatoms. The van der Waals surface area contributed by atoms with Crippen LogP contribution in [0.15, 0.2) is 12.2 Å². The van der Waals surface area contributed by atoms with Gasteiger partial charge in [0.15, 0.2) is 0 Å². The number of carbonyl (C=O) groups excluding carboxylic acids is 1. The van der Waals surface area contributed by atoms with Crippen LogP contribution in [0.4, 0.5) is 0 Å². The van der Waals surface area contributed by atoms with Crippen LogP contribution in [0.25, 0.3) is 0 Å². The minimum absolute atomic E-state index is 0.231. The Kier molecular flexibility index (Phi) is 5.29. The first-order valence-corrected chi connectivity index (χ1v) is 8.44. The molecule has 2 aliphatic carbocycles. The van der Waals surface area contributed by atoms with Crippen molar-refractivity contribution < 1.29 is 4.79 Å². The Morgan fingerprint density at radius 1 is 1.30 bits per heavy atom. The summed E-state index contributed by atoms with van der Waals surface area (Å²) in [5.41, 5.74) is 1.30. The van der Waals surface area contributed by atoms with Gasteiger partial charge in [-0.25, -0.2) is 0 Å². The molecule has 0 heterocycles. The van der Waals surface area contributed by atoms with Crippen LogP contribution < -0.4 is 5.32 Å². The number of hydrogen-bond donors (Lipinski definition) is 1. The lowest BCUT2D eigenvalue weighted by Crippen LogP contribution is -2.45. The van der Waals surface area contributed by atoms with Gasteiger partial charge < -0.3 is 5.32 Å². The summed E-state index contributed by atoms with van der Waals surface area (Å²) in [6, 6.07) is 0.341. The van der Waals surface area contributed by atoms with Gasteiger partial charge in [-0.15, -0.1) is 0 Å². The highest BCUT2D eigenvalue weighted by molar-refractivity contribution is 5.79. The molecule has 0 radical (unpaired) electrons. The minimum Gasteiger partial charge on any atom is -0.353 e. The lowest BCUT2D eigenvalue weighted by molar-refractivity contribution is -0.130. The molecule has 2 nitrogen and oxygen atoms in total. The Hall–Kier alpha value is -0.790. The fraction of sp³-hybridized carbons (Fsp3) is 0.833. The van der Waals surface area contributed by atoms with Gasteiger partial charge in [-0.05, 0) is 56.3 Å². The molecule has 0 saturated heterocycles. The zero-order chi connectivity index (χ0) is 14.7. The van der Waals surface area contributed by atoms with Gasteiger partial charge in [0.25, 0.3) is 0 Å². The lowest BCUT2D eigenvalue weighted by Gasteiger charge is -2.37. The van der Waals surface area contributed by atoms with E-state index < -0.39 is 0 Å². The largest absolute Gasteiger partial charge is 0.353 e. The Labute approximate surface area is 124 Å². The van der Waals surface area contributed by atoms with Crippen molar-refractivity contribution in [2.45, 2.75) is 71.8 Å². The third-order valence-electron chi connectivity index (χ3n) is 5.32. The lowest BCUT2D eigenvalue weighted by atomic mass is 9.69. The van der Waals surface area contributed by atoms with Gasteiger partial charge in [0, 0.05) is 12.0 Å². The van der Waals surface area contributed by atoms with Crippen LogP contribution in [0, 0.1) is 23.7 Å². The number of nitrogens with one attached hydrogen (secondary N) is 1. The quantitative estimate of drug-likeness (QED) is 0.765.